The summed E-state index contributed by atoms with van der Waals surface area (Å²) >= 11 is 1.60. The van der Waals surface area contributed by atoms with E-state index in [9.17, 15) is 13.2 Å². The summed E-state index contributed by atoms with van der Waals surface area (Å²) in [7, 11) is 0. The number of hydrogen-bond acceptors (Lipinski definition) is 2. The number of halogens is 3. The molecule has 0 saturated heterocycles. The van der Waals surface area contributed by atoms with Crippen LogP contribution in [0, 0.1) is 0 Å². The van der Waals surface area contributed by atoms with Gasteiger partial charge in [0.25, 0.3) is 0 Å². The third-order valence-electron chi connectivity index (χ3n) is 2.04. The Kier molecular flexibility index (Phi) is 4.53. The minimum atomic E-state index is -4.12. The van der Waals surface area contributed by atoms with E-state index < -0.39 is 18.6 Å². The van der Waals surface area contributed by atoms with Gasteiger partial charge in [0.1, 0.15) is 0 Å². The SMILES string of the molecule is CSc1ccc(NC(C)CC(F)(F)F)cc1. The van der Waals surface area contributed by atoms with E-state index in [1.54, 1.807) is 23.9 Å². The van der Waals surface area contributed by atoms with Crippen molar-refractivity contribution in [3.8, 4) is 0 Å². The van der Waals surface area contributed by atoms with Gasteiger partial charge in [0.05, 0.1) is 6.42 Å². The molecule has 0 saturated carbocycles. The molecular weight excluding hydrogens is 235 g/mol. The van der Waals surface area contributed by atoms with Gasteiger partial charge < -0.3 is 5.32 Å². The molecule has 90 valence electrons. The lowest BCUT2D eigenvalue weighted by Crippen LogP contribution is -2.23. The first-order valence-corrected chi connectivity index (χ1v) is 6.10. The lowest BCUT2D eigenvalue weighted by atomic mass is 10.2. The molecule has 1 atom stereocenters. The largest absolute Gasteiger partial charge is 0.391 e. The Bertz CT molecular complexity index is 321. The van der Waals surface area contributed by atoms with Crippen LogP contribution in [-0.4, -0.2) is 18.5 Å². The Labute approximate surface area is 97.4 Å². The average Bonchev–Trinajstić information content (AvgIpc) is 2.16. The predicted octanol–water partition coefficient (Wildman–Crippen LogP) is 4.16. The normalized spacial score (nSPS) is 13.6. The summed E-state index contributed by atoms with van der Waals surface area (Å²) in [5, 5.41) is 2.82. The van der Waals surface area contributed by atoms with Crippen LogP contribution in [0.4, 0.5) is 18.9 Å². The number of thioether (sulfide) groups is 1. The fourth-order valence-corrected chi connectivity index (χ4v) is 1.78. The summed E-state index contributed by atoms with van der Waals surface area (Å²) < 4.78 is 36.3. The molecule has 1 rings (SSSR count). The van der Waals surface area contributed by atoms with Crippen LogP contribution in [0.15, 0.2) is 29.2 Å². The smallest absolute Gasteiger partial charge is 0.382 e. The monoisotopic (exact) mass is 249 g/mol. The highest BCUT2D eigenvalue weighted by Crippen LogP contribution is 2.24. The number of benzene rings is 1. The molecule has 1 aromatic rings. The first-order valence-electron chi connectivity index (χ1n) is 4.88. The van der Waals surface area contributed by atoms with E-state index in [4.69, 9.17) is 0 Å². The molecule has 0 aliphatic carbocycles. The van der Waals surface area contributed by atoms with Gasteiger partial charge in [-0.15, -0.1) is 11.8 Å². The number of alkyl halides is 3. The van der Waals surface area contributed by atoms with Crippen molar-refractivity contribution in [2.45, 2.75) is 30.5 Å². The van der Waals surface area contributed by atoms with Crippen molar-refractivity contribution < 1.29 is 13.2 Å². The molecule has 1 unspecified atom stereocenters. The van der Waals surface area contributed by atoms with Crippen molar-refractivity contribution in [1.82, 2.24) is 0 Å². The Morgan fingerprint density at radius 3 is 2.25 bits per heavy atom. The molecule has 0 aromatic heterocycles. The Morgan fingerprint density at radius 1 is 1.25 bits per heavy atom. The van der Waals surface area contributed by atoms with Crippen LogP contribution in [0.1, 0.15) is 13.3 Å². The van der Waals surface area contributed by atoms with Gasteiger partial charge in [-0.25, -0.2) is 0 Å². The van der Waals surface area contributed by atoms with E-state index in [1.807, 2.05) is 18.4 Å². The molecule has 0 heterocycles. The van der Waals surface area contributed by atoms with Crippen molar-refractivity contribution in [3.63, 3.8) is 0 Å². The van der Waals surface area contributed by atoms with Crippen LogP contribution in [0.2, 0.25) is 0 Å². The number of rotatable bonds is 4. The highest BCUT2D eigenvalue weighted by molar-refractivity contribution is 7.98. The second kappa shape index (κ2) is 5.48. The van der Waals surface area contributed by atoms with E-state index in [1.165, 1.54) is 6.92 Å². The highest BCUT2D eigenvalue weighted by atomic mass is 32.2. The van der Waals surface area contributed by atoms with Crippen molar-refractivity contribution >= 4 is 17.4 Å². The second-order valence-corrected chi connectivity index (χ2v) is 4.47. The predicted molar refractivity (Wildman–Crippen MR) is 62.0 cm³/mol. The van der Waals surface area contributed by atoms with E-state index in [0.29, 0.717) is 0 Å². The van der Waals surface area contributed by atoms with Gasteiger partial charge in [-0.3, -0.25) is 0 Å². The molecular formula is C11H14F3NS. The molecule has 0 radical (unpaired) electrons. The van der Waals surface area contributed by atoms with Gasteiger partial charge in [0, 0.05) is 16.6 Å². The summed E-state index contributed by atoms with van der Waals surface area (Å²) in [6.45, 7) is 1.52. The Hall–Kier alpha value is -0.840. The zero-order valence-electron chi connectivity index (χ0n) is 9.14. The number of anilines is 1. The number of nitrogens with one attached hydrogen (secondary N) is 1. The lowest BCUT2D eigenvalue weighted by molar-refractivity contribution is -0.136. The molecule has 0 bridgehead atoms. The average molecular weight is 249 g/mol. The maximum atomic E-state index is 12.1. The third-order valence-corrected chi connectivity index (χ3v) is 2.78. The fourth-order valence-electron chi connectivity index (χ4n) is 1.37. The summed E-state index contributed by atoms with van der Waals surface area (Å²) in [5.41, 5.74) is 0.717. The number of hydrogen-bond donors (Lipinski definition) is 1. The van der Waals surface area contributed by atoms with Crippen LogP contribution in [0.3, 0.4) is 0 Å². The Morgan fingerprint density at radius 2 is 1.81 bits per heavy atom. The van der Waals surface area contributed by atoms with Crippen LogP contribution in [-0.2, 0) is 0 Å². The van der Waals surface area contributed by atoms with Gasteiger partial charge in [0.15, 0.2) is 0 Å². The zero-order valence-corrected chi connectivity index (χ0v) is 9.95. The molecule has 5 heteroatoms. The van der Waals surface area contributed by atoms with E-state index in [-0.39, 0.29) is 0 Å². The molecule has 0 amide bonds. The van der Waals surface area contributed by atoms with Crippen LogP contribution >= 0.6 is 11.8 Å². The second-order valence-electron chi connectivity index (χ2n) is 3.59. The molecule has 0 fully saturated rings. The standard InChI is InChI=1S/C11H14F3NS/c1-8(7-11(12,13)14)15-9-3-5-10(16-2)6-4-9/h3-6,8,15H,7H2,1-2H3. The van der Waals surface area contributed by atoms with Gasteiger partial charge in [-0.05, 0) is 37.4 Å². The van der Waals surface area contributed by atoms with Gasteiger partial charge in [0.2, 0.25) is 0 Å². The topological polar surface area (TPSA) is 12.0 Å². The minimum Gasteiger partial charge on any atom is -0.382 e. The van der Waals surface area contributed by atoms with Crippen LogP contribution in [0.25, 0.3) is 0 Å². The molecule has 1 aromatic carbocycles. The first kappa shape index (κ1) is 13.2. The first-order chi connectivity index (χ1) is 7.40. The summed E-state index contributed by atoms with van der Waals surface area (Å²) in [5.74, 6) is 0. The molecule has 16 heavy (non-hydrogen) atoms. The van der Waals surface area contributed by atoms with Gasteiger partial charge in [-0.2, -0.15) is 13.2 Å². The highest BCUT2D eigenvalue weighted by Gasteiger charge is 2.29. The van der Waals surface area contributed by atoms with Crippen molar-refractivity contribution in [1.29, 1.82) is 0 Å². The maximum absolute atomic E-state index is 12.1. The maximum Gasteiger partial charge on any atom is 0.391 e. The Balaban J connectivity index is 2.53. The van der Waals surface area contributed by atoms with Crippen LogP contribution in [0.5, 0.6) is 0 Å². The summed E-state index contributed by atoms with van der Waals surface area (Å²) in [6, 6.07) is 6.73. The fraction of sp³-hybridized carbons (Fsp3) is 0.455. The molecule has 0 aliphatic heterocycles. The van der Waals surface area contributed by atoms with E-state index in [2.05, 4.69) is 5.32 Å². The summed E-state index contributed by atoms with van der Waals surface area (Å²) in [6.07, 6.45) is -2.99. The van der Waals surface area contributed by atoms with Crippen molar-refractivity contribution in [2.75, 3.05) is 11.6 Å². The third kappa shape index (κ3) is 4.79. The van der Waals surface area contributed by atoms with Crippen molar-refractivity contribution in [2.24, 2.45) is 0 Å². The van der Waals surface area contributed by atoms with Gasteiger partial charge in [-0.1, -0.05) is 0 Å². The molecule has 1 N–H and O–H groups in total. The van der Waals surface area contributed by atoms with Crippen molar-refractivity contribution in [3.05, 3.63) is 24.3 Å². The zero-order chi connectivity index (χ0) is 12.2. The van der Waals surface area contributed by atoms with Gasteiger partial charge >= 0.3 is 6.18 Å². The quantitative estimate of drug-likeness (QED) is 0.804. The van der Waals surface area contributed by atoms with E-state index >= 15 is 0 Å². The summed E-state index contributed by atoms with van der Waals surface area (Å²) in [4.78, 5) is 1.09. The van der Waals surface area contributed by atoms with E-state index in [0.717, 1.165) is 10.6 Å². The minimum absolute atomic E-state index is 0.611. The molecule has 0 spiro atoms. The molecule has 1 nitrogen and oxygen atoms in total. The molecule has 0 aliphatic rings. The van der Waals surface area contributed by atoms with Crippen LogP contribution < -0.4 is 5.32 Å². The lowest BCUT2D eigenvalue weighted by Gasteiger charge is -2.17.